The maximum Gasteiger partial charge on any atom is 0.310 e. The van der Waals surface area contributed by atoms with E-state index in [1.807, 2.05) is 18.2 Å². The van der Waals surface area contributed by atoms with Gasteiger partial charge in [-0.05, 0) is 24.6 Å². The zero-order valence-electron chi connectivity index (χ0n) is 12.3. The zero-order valence-corrected chi connectivity index (χ0v) is 12.3. The highest BCUT2D eigenvalue weighted by Gasteiger charge is 2.20. The number of methoxy groups -OCH3 is 1. The Morgan fingerprint density at radius 2 is 2.00 bits per heavy atom. The molecule has 2 N–H and O–H groups in total. The summed E-state index contributed by atoms with van der Waals surface area (Å²) < 4.78 is 4.67. The Kier molecular flexibility index (Phi) is 6.18. The summed E-state index contributed by atoms with van der Waals surface area (Å²) in [7, 11) is 3.03. The van der Waals surface area contributed by atoms with Crippen LogP contribution in [0.3, 0.4) is 0 Å². The molecule has 1 atom stereocenters. The first-order valence-electron chi connectivity index (χ1n) is 6.62. The van der Waals surface area contributed by atoms with Gasteiger partial charge in [0.15, 0.2) is 0 Å². The van der Waals surface area contributed by atoms with Crippen molar-refractivity contribution in [2.45, 2.75) is 13.3 Å². The minimum absolute atomic E-state index is 0.107. The minimum atomic E-state index is -0.351. The van der Waals surface area contributed by atoms with Crippen LogP contribution in [0.25, 0.3) is 0 Å². The van der Waals surface area contributed by atoms with Crippen molar-refractivity contribution >= 4 is 11.9 Å². The van der Waals surface area contributed by atoms with E-state index in [0.717, 1.165) is 5.56 Å². The van der Waals surface area contributed by atoms with Crippen LogP contribution in [0.4, 0.5) is 0 Å². The molecule has 1 aromatic carbocycles. The summed E-state index contributed by atoms with van der Waals surface area (Å²) in [5.41, 5.74) is 7.12. The average molecular weight is 278 g/mol. The highest BCUT2D eigenvalue weighted by atomic mass is 16.5. The smallest absolute Gasteiger partial charge is 0.310 e. The van der Waals surface area contributed by atoms with E-state index < -0.39 is 0 Å². The first-order chi connectivity index (χ1) is 9.51. The van der Waals surface area contributed by atoms with E-state index in [1.54, 1.807) is 20.0 Å². The highest BCUT2D eigenvalue weighted by molar-refractivity contribution is 5.95. The summed E-state index contributed by atoms with van der Waals surface area (Å²) in [6, 6.07) is 7.40. The van der Waals surface area contributed by atoms with Crippen molar-refractivity contribution in [1.29, 1.82) is 0 Å². The number of benzene rings is 1. The molecule has 5 heteroatoms. The minimum Gasteiger partial charge on any atom is -0.469 e. The Balaban J connectivity index is 2.81. The second-order valence-electron chi connectivity index (χ2n) is 4.81. The van der Waals surface area contributed by atoms with Crippen LogP contribution in [0.2, 0.25) is 0 Å². The molecule has 0 heterocycles. The van der Waals surface area contributed by atoms with Crippen molar-refractivity contribution in [2.75, 3.05) is 27.2 Å². The molecule has 0 bridgehead atoms. The van der Waals surface area contributed by atoms with Crippen molar-refractivity contribution in [3.05, 3.63) is 35.4 Å². The number of rotatable bonds is 6. The van der Waals surface area contributed by atoms with Crippen molar-refractivity contribution in [3.63, 3.8) is 0 Å². The number of carbonyl (C=O) groups excluding carboxylic acids is 2. The van der Waals surface area contributed by atoms with E-state index in [-0.39, 0.29) is 17.8 Å². The van der Waals surface area contributed by atoms with E-state index in [1.165, 1.54) is 12.0 Å². The van der Waals surface area contributed by atoms with Gasteiger partial charge >= 0.3 is 5.97 Å². The molecule has 1 aromatic rings. The third-order valence-corrected chi connectivity index (χ3v) is 3.16. The van der Waals surface area contributed by atoms with Crippen molar-refractivity contribution in [1.82, 2.24) is 4.90 Å². The lowest BCUT2D eigenvalue weighted by atomic mass is 10.0. The molecule has 0 spiro atoms. The molecule has 5 nitrogen and oxygen atoms in total. The molecule has 1 rings (SSSR count). The third-order valence-electron chi connectivity index (χ3n) is 3.16. The van der Waals surface area contributed by atoms with Crippen LogP contribution in [-0.4, -0.2) is 44.0 Å². The van der Waals surface area contributed by atoms with Gasteiger partial charge in [0.25, 0.3) is 5.91 Å². The molecule has 110 valence electrons. The maximum absolute atomic E-state index is 12.4. The van der Waals surface area contributed by atoms with Crippen LogP contribution in [0, 0.1) is 5.92 Å². The predicted octanol–water partition coefficient (Wildman–Crippen LogP) is 1.07. The molecular formula is C15H22N2O3. The molecule has 0 radical (unpaired) electrons. The Morgan fingerprint density at radius 1 is 1.35 bits per heavy atom. The average Bonchev–Trinajstić information content (AvgIpc) is 2.46. The Hall–Kier alpha value is -1.88. The van der Waals surface area contributed by atoms with Gasteiger partial charge in [0.1, 0.15) is 0 Å². The summed E-state index contributed by atoms with van der Waals surface area (Å²) in [6.45, 7) is 2.55. The largest absolute Gasteiger partial charge is 0.469 e. The Morgan fingerprint density at radius 3 is 2.60 bits per heavy atom. The molecule has 0 saturated heterocycles. The molecule has 0 aliphatic rings. The van der Waals surface area contributed by atoms with Crippen LogP contribution in [0.5, 0.6) is 0 Å². The second kappa shape index (κ2) is 7.65. The quantitative estimate of drug-likeness (QED) is 0.790. The third kappa shape index (κ3) is 4.06. The molecule has 0 aliphatic carbocycles. The first kappa shape index (κ1) is 16.2. The van der Waals surface area contributed by atoms with E-state index in [4.69, 9.17) is 5.73 Å². The van der Waals surface area contributed by atoms with Crippen molar-refractivity contribution < 1.29 is 14.3 Å². The molecule has 1 unspecified atom stereocenters. The fourth-order valence-corrected chi connectivity index (χ4v) is 2.08. The SMILES string of the molecule is COC(=O)C(C)CN(C)C(=O)c1ccccc1CCN. The van der Waals surface area contributed by atoms with Gasteiger partial charge < -0.3 is 15.4 Å². The second-order valence-corrected chi connectivity index (χ2v) is 4.81. The number of hydrogen-bond acceptors (Lipinski definition) is 4. The van der Waals surface area contributed by atoms with E-state index in [0.29, 0.717) is 25.1 Å². The molecule has 20 heavy (non-hydrogen) atoms. The lowest BCUT2D eigenvalue weighted by Gasteiger charge is -2.21. The van der Waals surface area contributed by atoms with Crippen molar-refractivity contribution in [3.8, 4) is 0 Å². The van der Waals surface area contributed by atoms with Gasteiger partial charge in [-0.1, -0.05) is 25.1 Å². The number of ether oxygens (including phenoxy) is 1. The lowest BCUT2D eigenvalue weighted by Crippen LogP contribution is -2.34. The summed E-state index contributed by atoms with van der Waals surface area (Å²) in [5, 5.41) is 0. The van der Waals surface area contributed by atoms with Gasteiger partial charge in [0.2, 0.25) is 0 Å². The van der Waals surface area contributed by atoms with Gasteiger partial charge in [0, 0.05) is 19.2 Å². The predicted molar refractivity (Wildman–Crippen MR) is 77.3 cm³/mol. The fourth-order valence-electron chi connectivity index (χ4n) is 2.08. The molecule has 0 aliphatic heterocycles. The van der Waals surface area contributed by atoms with Crippen LogP contribution in [-0.2, 0) is 16.0 Å². The molecule has 0 aromatic heterocycles. The Bertz CT molecular complexity index is 474. The van der Waals surface area contributed by atoms with E-state index in [2.05, 4.69) is 4.74 Å². The summed E-state index contributed by atoms with van der Waals surface area (Å²) in [4.78, 5) is 25.4. The Labute approximate surface area is 119 Å². The molecular weight excluding hydrogens is 256 g/mol. The number of carbonyl (C=O) groups is 2. The first-order valence-corrected chi connectivity index (χ1v) is 6.62. The van der Waals surface area contributed by atoms with Crippen LogP contribution >= 0.6 is 0 Å². The van der Waals surface area contributed by atoms with Gasteiger partial charge in [-0.25, -0.2) is 0 Å². The number of amides is 1. The van der Waals surface area contributed by atoms with Gasteiger partial charge in [-0.15, -0.1) is 0 Å². The van der Waals surface area contributed by atoms with Crippen LogP contribution in [0.1, 0.15) is 22.8 Å². The lowest BCUT2D eigenvalue weighted by molar-refractivity contribution is -0.145. The summed E-state index contributed by atoms with van der Waals surface area (Å²) in [6.07, 6.45) is 0.655. The number of nitrogens with two attached hydrogens (primary N) is 1. The normalized spacial score (nSPS) is 11.8. The summed E-state index contributed by atoms with van der Waals surface area (Å²) in [5.74, 6) is -0.777. The summed E-state index contributed by atoms with van der Waals surface area (Å²) >= 11 is 0. The zero-order chi connectivity index (χ0) is 15.1. The topological polar surface area (TPSA) is 72.6 Å². The maximum atomic E-state index is 12.4. The van der Waals surface area contributed by atoms with E-state index in [9.17, 15) is 9.59 Å². The van der Waals surface area contributed by atoms with Gasteiger partial charge in [-0.2, -0.15) is 0 Å². The highest BCUT2D eigenvalue weighted by Crippen LogP contribution is 2.13. The van der Waals surface area contributed by atoms with E-state index >= 15 is 0 Å². The number of nitrogens with zero attached hydrogens (tertiary/aromatic N) is 1. The van der Waals surface area contributed by atoms with Crippen molar-refractivity contribution in [2.24, 2.45) is 11.7 Å². The fraction of sp³-hybridized carbons (Fsp3) is 0.467. The number of hydrogen-bond donors (Lipinski definition) is 1. The number of esters is 1. The van der Waals surface area contributed by atoms with Gasteiger partial charge in [-0.3, -0.25) is 9.59 Å². The standard InChI is InChI=1S/C15H22N2O3/c1-11(15(19)20-3)10-17(2)14(18)13-7-5-4-6-12(13)8-9-16/h4-7,11H,8-10,16H2,1-3H3. The van der Waals surface area contributed by atoms with Crippen LogP contribution in [0.15, 0.2) is 24.3 Å². The van der Waals surface area contributed by atoms with Crippen LogP contribution < -0.4 is 5.73 Å². The molecule has 0 saturated carbocycles. The molecule has 0 fully saturated rings. The van der Waals surface area contributed by atoms with Gasteiger partial charge in [0.05, 0.1) is 13.0 Å². The monoisotopic (exact) mass is 278 g/mol. The molecule has 1 amide bonds.